The SMILES string of the molecule is CCNC(C)O.Cc1nsc2cc(OCCCCBr)ccc12. The van der Waals surface area contributed by atoms with E-state index in [9.17, 15) is 0 Å². The molecule has 0 aliphatic heterocycles. The Morgan fingerprint density at radius 2 is 2.18 bits per heavy atom. The van der Waals surface area contributed by atoms with Gasteiger partial charge in [-0.05, 0) is 63.0 Å². The third kappa shape index (κ3) is 7.05. The molecule has 0 amide bonds. The molecule has 2 aromatic rings. The number of alkyl halides is 1. The Bertz CT molecular complexity index is 546. The molecule has 0 spiro atoms. The number of hydrogen-bond donors (Lipinski definition) is 2. The first-order valence-corrected chi connectivity index (χ1v) is 9.44. The van der Waals surface area contributed by atoms with E-state index in [1.54, 1.807) is 6.92 Å². The van der Waals surface area contributed by atoms with Gasteiger partial charge in [-0.25, -0.2) is 0 Å². The molecule has 1 unspecified atom stereocenters. The van der Waals surface area contributed by atoms with Crippen LogP contribution in [0.15, 0.2) is 18.2 Å². The van der Waals surface area contributed by atoms with Gasteiger partial charge in [0.25, 0.3) is 0 Å². The minimum Gasteiger partial charge on any atom is -0.494 e. The fourth-order valence-electron chi connectivity index (χ4n) is 1.82. The summed E-state index contributed by atoms with van der Waals surface area (Å²) in [5.74, 6) is 0.950. The lowest BCUT2D eigenvalue weighted by Crippen LogP contribution is -2.24. The molecule has 0 radical (unpaired) electrons. The molecule has 2 N–H and O–H groups in total. The van der Waals surface area contributed by atoms with Crippen LogP contribution >= 0.6 is 27.5 Å². The average Bonchev–Trinajstić information content (AvgIpc) is 2.85. The van der Waals surface area contributed by atoms with Gasteiger partial charge >= 0.3 is 0 Å². The smallest absolute Gasteiger partial charge is 0.120 e. The number of aryl methyl sites for hydroxylation is 1. The highest BCUT2D eigenvalue weighted by molar-refractivity contribution is 9.09. The Kier molecular flexibility index (Phi) is 9.63. The molecule has 124 valence electrons. The molecule has 1 heterocycles. The monoisotopic (exact) mass is 388 g/mol. The normalized spacial score (nSPS) is 11.9. The van der Waals surface area contributed by atoms with E-state index in [1.807, 2.05) is 19.9 Å². The van der Waals surface area contributed by atoms with E-state index in [0.717, 1.165) is 42.8 Å². The molecule has 1 aromatic heterocycles. The number of aromatic nitrogens is 1. The van der Waals surface area contributed by atoms with Gasteiger partial charge in [-0.2, -0.15) is 4.37 Å². The number of hydrogen-bond acceptors (Lipinski definition) is 5. The van der Waals surface area contributed by atoms with E-state index in [0.29, 0.717) is 0 Å². The lowest BCUT2D eigenvalue weighted by molar-refractivity contribution is 0.159. The van der Waals surface area contributed by atoms with Crippen LogP contribution < -0.4 is 10.1 Å². The van der Waals surface area contributed by atoms with Crippen LogP contribution in [0.25, 0.3) is 10.1 Å². The largest absolute Gasteiger partial charge is 0.494 e. The van der Waals surface area contributed by atoms with Crippen LogP contribution in [-0.4, -0.2) is 34.2 Å². The van der Waals surface area contributed by atoms with Gasteiger partial charge in [-0.3, -0.25) is 5.32 Å². The summed E-state index contributed by atoms with van der Waals surface area (Å²) in [5, 5.41) is 13.5. The third-order valence-corrected chi connectivity index (χ3v) is 4.38. The molecule has 0 aliphatic carbocycles. The van der Waals surface area contributed by atoms with Crippen LogP contribution in [0.4, 0.5) is 0 Å². The van der Waals surface area contributed by atoms with E-state index in [1.165, 1.54) is 21.6 Å². The molecule has 22 heavy (non-hydrogen) atoms. The van der Waals surface area contributed by atoms with Crippen LogP contribution in [0.2, 0.25) is 0 Å². The van der Waals surface area contributed by atoms with Crippen molar-refractivity contribution >= 4 is 37.5 Å². The minimum atomic E-state index is -0.352. The van der Waals surface area contributed by atoms with E-state index in [2.05, 4.69) is 37.8 Å². The van der Waals surface area contributed by atoms with Gasteiger partial charge in [-0.1, -0.05) is 22.9 Å². The van der Waals surface area contributed by atoms with Crippen LogP contribution in [0.5, 0.6) is 5.75 Å². The molecule has 1 aromatic carbocycles. The van der Waals surface area contributed by atoms with Crippen molar-refractivity contribution in [1.82, 2.24) is 9.69 Å². The van der Waals surface area contributed by atoms with E-state index >= 15 is 0 Å². The molecule has 0 saturated carbocycles. The van der Waals surface area contributed by atoms with Crippen molar-refractivity contribution < 1.29 is 9.84 Å². The fraction of sp³-hybridized carbons (Fsp3) is 0.562. The number of fused-ring (bicyclic) bond motifs is 1. The number of aliphatic hydroxyl groups is 1. The summed E-state index contributed by atoms with van der Waals surface area (Å²) >= 11 is 4.94. The number of halogens is 1. The van der Waals surface area contributed by atoms with Crippen molar-refractivity contribution in [2.75, 3.05) is 18.5 Å². The molecule has 0 saturated heterocycles. The van der Waals surface area contributed by atoms with Gasteiger partial charge in [0.2, 0.25) is 0 Å². The predicted octanol–water partition coefficient (Wildman–Crippen LogP) is 4.09. The quantitative estimate of drug-likeness (QED) is 0.426. The standard InChI is InChI=1S/C12H14BrNOS.C4H11NO/c1-9-11-5-4-10(8-12(11)16-14-9)15-7-3-2-6-13;1-3-5-4(2)6/h4-5,8H,2-3,6-7H2,1H3;4-6H,3H2,1-2H3. The van der Waals surface area contributed by atoms with Crippen molar-refractivity contribution in [3.05, 3.63) is 23.9 Å². The van der Waals surface area contributed by atoms with Gasteiger partial charge in [0.15, 0.2) is 0 Å². The first-order chi connectivity index (χ1) is 10.6. The summed E-state index contributed by atoms with van der Waals surface area (Å²) in [5.41, 5.74) is 1.10. The number of nitrogens with zero attached hydrogens (tertiary/aromatic N) is 1. The molecular formula is C16H25BrN2O2S. The second-order valence-corrected chi connectivity index (χ2v) is 6.50. The summed E-state index contributed by atoms with van der Waals surface area (Å²) < 4.78 is 11.2. The number of benzene rings is 1. The number of nitrogens with one attached hydrogen (secondary N) is 1. The van der Waals surface area contributed by atoms with Crippen molar-refractivity contribution in [3.8, 4) is 5.75 Å². The number of rotatable bonds is 7. The second-order valence-electron chi connectivity index (χ2n) is 4.90. The van der Waals surface area contributed by atoms with Crippen LogP contribution in [0, 0.1) is 6.92 Å². The maximum absolute atomic E-state index is 8.44. The van der Waals surface area contributed by atoms with Crippen LogP contribution in [0.1, 0.15) is 32.4 Å². The average molecular weight is 389 g/mol. The lowest BCUT2D eigenvalue weighted by Gasteiger charge is -2.05. The van der Waals surface area contributed by atoms with Crippen LogP contribution in [0.3, 0.4) is 0 Å². The van der Waals surface area contributed by atoms with E-state index in [4.69, 9.17) is 9.84 Å². The third-order valence-electron chi connectivity index (χ3n) is 2.92. The molecule has 6 heteroatoms. The zero-order valence-electron chi connectivity index (χ0n) is 13.4. The molecular weight excluding hydrogens is 364 g/mol. The van der Waals surface area contributed by atoms with Crippen molar-refractivity contribution in [1.29, 1.82) is 0 Å². The Balaban J connectivity index is 0.000000346. The number of unbranched alkanes of at least 4 members (excludes halogenated alkanes) is 1. The lowest BCUT2D eigenvalue weighted by atomic mass is 10.2. The Labute approximate surface area is 145 Å². The van der Waals surface area contributed by atoms with Crippen LogP contribution in [-0.2, 0) is 0 Å². The topological polar surface area (TPSA) is 54.4 Å². The Hall–Kier alpha value is -0.690. The Morgan fingerprint density at radius 3 is 2.77 bits per heavy atom. The maximum Gasteiger partial charge on any atom is 0.120 e. The molecule has 4 nitrogen and oxygen atoms in total. The maximum atomic E-state index is 8.44. The highest BCUT2D eigenvalue weighted by Crippen LogP contribution is 2.26. The summed E-state index contributed by atoms with van der Waals surface area (Å²) in [6.45, 7) is 7.30. The summed E-state index contributed by atoms with van der Waals surface area (Å²) in [6, 6.07) is 6.19. The summed E-state index contributed by atoms with van der Waals surface area (Å²) in [7, 11) is 0. The van der Waals surface area contributed by atoms with E-state index in [-0.39, 0.29) is 6.23 Å². The van der Waals surface area contributed by atoms with E-state index < -0.39 is 0 Å². The molecule has 0 aliphatic rings. The van der Waals surface area contributed by atoms with Crippen molar-refractivity contribution in [3.63, 3.8) is 0 Å². The van der Waals surface area contributed by atoms with Gasteiger partial charge in [-0.15, -0.1) is 0 Å². The second kappa shape index (κ2) is 10.9. The first-order valence-electron chi connectivity index (χ1n) is 7.54. The summed E-state index contributed by atoms with van der Waals surface area (Å²) in [6.07, 6.45) is 1.89. The zero-order valence-corrected chi connectivity index (χ0v) is 15.8. The highest BCUT2D eigenvalue weighted by Gasteiger charge is 2.03. The predicted molar refractivity (Wildman–Crippen MR) is 98.2 cm³/mol. The number of aliphatic hydroxyl groups excluding tert-OH is 1. The Morgan fingerprint density at radius 1 is 1.41 bits per heavy atom. The minimum absolute atomic E-state index is 0.352. The molecule has 1 atom stereocenters. The van der Waals surface area contributed by atoms with Gasteiger partial charge < -0.3 is 9.84 Å². The van der Waals surface area contributed by atoms with Gasteiger partial charge in [0.1, 0.15) is 12.0 Å². The van der Waals surface area contributed by atoms with Crippen molar-refractivity contribution in [2.24, 2.45) is 0 Å². The molecule has 2 rings (SSSR count). The molecule has 0 fully saturated rings. The first kappa shape index (κ1) is 19.4. The highest BCUT2D eigenvalue weighted by atomic mass is 79.9. The van der Waals surface area contributed by atoms with Crippen molar-refractivity contribution in [2.45, 2.75) is 39.8 Å². The summed E-state index contributed by atoms with van der Waals surface area (Å²) in [4.78, 5) is 0. The van der Waals surface area contributed by atoms with Gasteiger partial charge in [0, 0.05) is 10.7 Å². The molecule has 0 bridgehead atoms. The zero-order chi connectivity index (χ0) is 16.4. The number of ether oxygens (including phenoxy) is 1. The fourth-order valence-corrected chi connectivity index (χ4v) is 3.03. The van der Waals surface area contributed by atoms with Gasteiger partial charge in [0.05, 0.1) is 17.0 Å².